The molecule has 0 amide bonds. The molecule has 0 saturated heterocycles. The number of unbranched alkanes of at least 4 members (excludes halogenated alkanes) is 46. The van der Waals surface area contributed by atoms with E-state index >= 15 is 0 Å². The van der Waals surface area contributed by atoms with Crippen molar-refractivity contribution in [1.82, 2.24) is 0 Å². The van der Waals surface area contributed by atoms with Crippen molar-refractivity contribution in [3.05, 3.63) is 12.2 Å². The fraction of sp³-hybridized carbons (Fsp3) is 0.922. The van der Waals surface area contributed by atoms with E-state index in [0.29, 0.717) is 19.3 Å². The van der Waals surface area contributed by atoms with Gasteiger partial charge in [0.15, 0.2) is 6.10 Å². The van der Waals surface area contributed by atoms with Gasteiger partial charge in [0, 0.05) is 19.3 Å². The van der Waals surface area contributed by atoms with Gasteiger partial charge in [-0.1, -0.05) is 309 Å². The van der Waals surface area contributed by atoms with Gasteiger partial charge in [0.2, 0.25) is 0 Å². The number of hydrogen-bond donors (Lipinski definition) is 0. The molecule has 0 aliphatic carbocycles. The van der Waals surface area contributed by atoms with Crippen molar-refractivity contribution in [3.8, 4) is 0 Å². The van der Waals surface area contributed by atoms with Crippen molar-refractivity contribution < 1.29 is 28.6 Å². The van der Waals surface area contributed by atoms with Crippen LogP contribution in [-0.4, -0.2) is 37.2 Å². The van der Waals surface area contributed by atoms with Crippen LogP contribution in [0.3, 0.4) is 0 Å². The van der Waals surface area contributed by atoms with Crippen LogP contribution in [0.2, 0.25) is 0 Å². The van der Waals surface area contributed by atoms with E-state index in [9.17, 15) is 14.4 Å². The molecule has 0 fully saturated rings. The van der Waals surface area contributed by atoms with Crippen LogP contribution in [0.4, 0.5) is 0 Å². The maximum atomic E-state index is 12.9. The van der Waals surface area contributed by atoms with E-state index in [2.05, 4.69) is 32.9 Å². The van der Waals surface area contributed by atoms with Crippen molar-refractivity contribution in [1.29, 1.82) is 0 Å². The zero-order valence-corrected chi connectivity index (χ0v) is 47.6. The van der Waals surface area contributed by atoms with Crippen molar-refractivity contribution in [2.75, 3.05) is 13.2 Å². The van der Waals surface area contributed by atoms with E-state index < -0.39 is 6.10 Å². The average molecular weight is 988 g/mol. The molecule has 0 aliphatic heterocycles. The maximum absolute atomic E-state index is 12.9. The number of rotatable bonds is 59. The molecule has 0 heterocycles. The van der Waals surface area contributed by atoms with Crippen LogP contribution in [0.1, 0.15) is 361 Å². The summed E-state index contributed by atoms with van der Waals surface area (Å²) in [5, 5.41) is 0. The molecule has 0 rings (SSSR count). The molecule has 0 aromatic heterocycles. The molecule has 0 aliphatic rings. The molecular weight excluding hydrogens is 865 g/mol. The molecular formula is C64H122O6. The van der Waals surface area contributed by atoms with Gasteiger partial charge in [-0.2, -0.15) is 0 Å². The SMILES string of the molecule is CCCCCCCCCC/C=C\CCCCCCCCCCCCCC(=O)OCC(COC(=O)CCCCCCCCCCCC)OC(=O)CCCCCCCCCCCCCCCCCCCCC. The van der Waals surface area contributed by atoms with Gasteiger partial charge in [-0.3, -0.25) is 14.4 Å². The molecule has 0 aromatic rings. The minimum Gasteiger partial charge on any atom is -0.462 e. The van der Waals surface area contributed by atoms with E-state index in [-0.39, 0.29) is 31.1 Å². The van der Waals surface area contributed by atoms with Gasteiger partial charge in [-0.05, 0) is 44.9 Å². The first kappa shape index (κ1) is 68.2. The standard InChI is InChI=1S/C64H122O6/c1-4-7-10-13-16-19-22-24-26-28-30-31-32-33-35-36-38-40-42-45-48-51-54-57-63(66)69-60-61(59-68-62(65)56-53-50-47-44-21-18-15-12-9-6-3)70-64(67)58-55-52-49-46-43-41-39-37-34-29-27-25-23-20-17-14-11-8-5-2/h28,30,61H,4-27,29,31-60H2,1-3H3/b30-28-. The van der Waals surface area contributed by atoms with E-state index in [0.717, 1.165) is 57.8 Å². The van der Waals surface area contributed by atoms with Crippen LogP contribution in [-0.2, 0) is 28.6 Å². The van der Waals surface area contributed by atoms with Gasteiger partial charge < -0.3 is 14.2 Å². The summed E-state index contributed by atoms with van der Waals surface area (Å²) in [5.41, 5.74) is 0. The summed E-state index contributed by atoms with van der Waals surface area (Å²) < 4.78 is 16.9. The average Bonchev–Trinajstić information content (AvgIpc) is 3.36. The highest BCUT2D eigenvalue weighted by molar-refractivity contribution is 5.71. The first-order valence-electron chi connectivity index (χ1n) is 31.7. The lowest BCUT2D eigenvalue weighted by atomic mass is 10.0. The summed E-state index contributed by atoms with van der Waals surface area (Å²) >= 11 is 0. The number of allylic oxidation sites excluding steroid dienone is 2. The second-order valence-electron chi connectivity index (χ2n) is 21.7. The molecule has 6 nitrogen and oxygen atoms in total. The summed E-state index contributed by atoms with van der Waals surface area (Å²) in [4.78, 5) is 38.2. The van der Waals surface area contributed by atoms with Gasteiger partial charge in [0.05, 0.1) is 0 Å². The van der Waals surface area contributed by atoms with Crippen LogP contribution in [0.25, 0.3) is 0 Å². The van der Waals surface area contributed by atoms with Crippen molar-refractivity contribution in [3.63, 3.8) is 0 Å². The van der Waals surface area contributed by atoms with Gasteiger partial charge in [-0.25, -0.2) is 0 Å². The van der Waals surface area contributed by atoms with E-state index in [1.54, 1.807) is 0 Å². The monoisotopic (exact) mass is 987 g/mol. The normalized spacial score (nSPS) is 12.0. The number of carbonyl (C=O) groups excluding carboxylic acids is 3. The van der Waals surface area contributed by atoms with Crippen molar-refractivity contribution >= 4 is 17.9 Å². The summed E-state index contributed by atoms with van der Waals surface area (Å²) in [7, 11) is 0. The fourth-order valence-corrected chi connectivity index (χ4v) is 9.74. The van der Waals surface area contributed by atoms with Gasteiger partial charge in [-0.15, -0.1) is 0 Å². The van der Waals surface area contributed by atoms with Crippen LogP contribution in [0, 0.1) is 0 Å². The Bertz CT molecular complexity index is 1090. The predicted octanol–water partition coefficient (Wildman–Crippen LogP) is 21.3. The molecule has 6 heteroatoms. The number of ether oxygens (including phenoxy) is 3. The fourth-order valence-electron chi connectivity index (χ4n) is 9.74. The van der Waals surface area contributed by atoms with Crippen molar-refractivity contribution in [2.45, 2.75) is 367 Å². The Morgan fingerprint density at radius 2 is 0.471 bits per heavy atom. The number of hydrogen-bond acceptors (Lipinski definition) is 6. The van der Waals surface area contributed by atoms with E-state index in [1.165, 1.54) is 263 Å². The molecule has 0 bridgehead atoms. The highest BCUT2D eigenvalue weighted by atomic mass is 16.6. The second kappa shape index (κ2) is 59.7. The molecule has 414 valence electrons. The zero-order chi connectivity index (χ0) is 50.7. The van der Waals surface area contributed by atoms with Crippen LogP contribution in [0.15, 0.2) is 12.2 Å². The topological polar surface area (TPSA) is 78.9 Å². The molecule has 0 saturated carbocycles. The Kier molecular flexibility index (Phi) is 58.1. The third-order valence-electron chi connectivity index (χ3n) is 14.5. The Morgan fingerprint density at radius 1 is 0.271 bits per heavy atom. The number of carbonyl (C=O) groups is 3. The van der Waals surface area contributed by atoms with E-state index in [1.807, 2.05) is 0 Å². The lowest BCUT2D eigenvalue weighted by molar-refractivity contribution is -0.167. The first-order chi connectivity index (χ1) is 34.5. The number of esters is 3. The first-order valence-corrected chi connectivity index (χ1v) is 31.7. The van der Waals surface area contributed by atoms with E-state index in [4.69, 9.17) is 14.2 Å². The third kappa shape index (κ3) is 57.1. The van der Waals surface area contributed by atoms with Crippen LogP contribution < -0.4 is 0 Å². The highest BCUT2D eigenvalue weighted by Crippen LogP contribution is 2.18. The lowest BCUT2D eigenvalue weighted by Gasteiger charge is -2.18. The molecule has 70 heavy (non-hydrogen) atoms. The lowest BCUT2D eigenvalue weighted by Crippen LogP contribution is -2.30. The van der Waals surface area contributed by atoms with Crippen LogP contribution in [0.5, 0.6) is 0 Å². The highest BCUT2D eigenvalue weighted by Gasteiger charge is 2.19. The largest absolute Gasteiger partial charge is 0.462 e. The minimum atomic E-state index is -0.764. The van der Waals surface area contributed by atoms with Crippen LogP contribution >= 0.6 is 0 Å². The van der Waals surface area contributed by atoms with Gasteiger partial charge in [0.1, 0.15) is 13.2 Å². The summed E-state index contributed by atoms with van der Waals surface area (Å²) in [5.74, 6) is -0.838. The van der Waals surface area contributed by atoms with Gasteiger partial charge >= 0.3 is 17.9 Å². The Morgan fingerprint density at radius 3 is 0.714 bits per heavy atom. The Balaban J connectivity index is 4.19. The molecule has 0 radical (unpaired) electrons. The minimum absolute atomic E-state index is 0.0639. The molecule has 0 aromatic carbocycles. The molecule has 1 unspecified atom stereocenters. The molecule has 1 atom stereocenters. The Hall–Kier alpha value is -1.85. The predicted molar refractivity (Wildman–Crippen MR) is 303 cm³/mol. The smallest absolute Gasteiger partial charge is 0.306 e. The second-order valence-corrected chi connectivity index (χ2v) is 21.7. The Labute approximate surface area is 437 Å². The quantitative estimate of drug-likeness (QED) is 0.0261. The van der Waals surface area contributed by atoms with Crippen molar-refractivity contribution in [2.24, 2.45) is 0 Å². The molecule has 0 N–H and O–H groups in total. The summed E-state index contributed by atoms with van der Waals surface area (Å²) in [6, 6.07) is 0. The molecule has 0 spiro atoms. The summed E-state index contributed by atoms with van der Waals surface area (Å²) in [6.45, 7) is 6.70. The summed E-state index contributed by atoms with van der Waals surface area (Å²) in [6.07, 6.45) is 69.4. The maximum Gasteiger partial charge on any atom is 0.306 e. The third-order valence-corrected chi connectivity index (χ3v) is 14.5. The van der Waals surface area contributed by atoms with Gasteiger partial charge in [0.25, 0.3) is 0 Å². The zero-order valence-electron chi connectivity index (χ0n) is 47.6.